The zero-order valence-electron chi connectivity index (χ0n) is 9.34. The summed E-state index contributed by atoms with van der Waals surface area (Å²) in [5.41, 5.74) is 7.01. The van der Waals surface area contributed by atoms with E-state index < -0.39 is 0 Å². The molecule has 94 valence electrons. The number of aryl methyl sites for hydroxylation is 1. The molecule has 2 rings (SSSR count). The lowest BCUT2D eigenvalue weighted by Gasteiger charge is -2.11. The minimum atomic E-state index is -0.346. The summed E-state index contributed by atoms with van der Waals surface area (Å²) in [6.45, 7) is 1.87. The van der Waals surface area contributed by atoms with Gasteiger partial charge in [0.2, 0.25) is 5.95 Å². The maximum absolute atomic E-state index is 13.5. The summed E-state index contributed by atoms with van der Waals surface area (Å²) in [4.78, 5) is 7.87. The van der Waals surface area contributed by atoms with Crippen molar-refractivity contribution in [1.29, 1.82) is 0 Å². The maximum Gasteiger partial charge on any atom is 0.222 e. The van der Waals surface area contributed by atoms with Crippen LogP contribution in [0.15, 0.2) is 27.3 Å². The van der Waals surface area contributed by atoms with E-state index >= 15 is 0 Å². The van der Waals surface area contributed by atoms with Gasteiger partial charge in [-0.2, -0.15) is 4.98 Å². The molecule has 0 radical (unpaired) electrons. The van der Waals surface area contributed by atoms with Gasteiger partial charge >= 0.3 is 0 Å². The molecule has 0 saturated heterocycles. The predicted octanol–water partition coefficient (Wildman–Crippen LogP) is 3.77. The number of nitrogens with two attached hydrogens (primary N) is 1. The van der Waals surface area contributed by atoms with Crippen molar-refractivity contribution in [1.82, 2.24) is 9.97 Å². The van der Waals surface area contributed by atoms with Gasteiger partial charge < -0.3 is 11.1 Å². The van der Waals surface area contributed by atoms with E-state index in [1.165, 1.54) is 12.3 Å². The zero-order valence-corrected chi connectivity index (χ0v) is 12.5. The highest BCUT2D eigenvalue weighted by atomic mass is 79.9. The van der Waals surface area contributed by atoms with E-state index in [9.17, 15) is 4.39 Å². The summed E-state index contributed by atoms with van der Waals surface area (Å²) >= 11 is 6.43. The SMILES string of the molecule is Cc1cc(Br)c(F)cc1Nc1nc(N)ncc1Br. The summed E-state index contributed by atoms with van der Waals surface area (Å²) in [7, 11) is 0. The Bertz CT molecular complexity index is 604. The fourth-order valence-electron chi connectivity index (χ4n) is 1.38. The van der Waals surface area contributed by atoms with E-state index in [0.717, 1.165) is 5.56 Å². The van der Waals surface area contributed by atoms with Crippen molar-refractivity contribution in [2.24, 2.45) is 0 Å². The van der Waals surface area contributed by atoms with Crippen molar-refractivity contribution in [2.45, 2.75) is 6.92 Å². The van der Waals surface area contributed by atoms with Gasteiger partial charge in [-0.15, -0.1) is 0 Å². The molecule has 1 heterocycles. The van der Waals surface area contributed by atoms with Crippen molar-refractivity contribution in [3.8, 4) is 0 Å². The molecule has 7 heteroatoms. The van der Waals surface area contributed by atoms with Crippen LogP contribution in [0.5, 0.6) is 0 Å². The number of nitrogen functional groups attached to an aromatic ring is 1. The van der Waals surface area contributed by atoms with E-state index in [1.54, 1.807) is 6.07 Å². The average molecular weight is 376 g/mol. The number of aromatic nitrogens is 2. The molecule has 0 saturated carbocycles. The van der Waals surface area contributed by atoms with Gasteiger partial charge in [0.25, 0.3) is 0 Å². The van der Waals surface area contributed by atoms with E-state index in [1.807, 2.05) is 6.92 Å². The molecule has 4 nitrogen and oxygen atoms in total. The normalized spacial score (nSPS) is 10.4. The van der Waals surface area contributed by atoms with Gasteiger partial charge in [0.1, 0.15) is 11.6 Å². The van der Waals surface area contributed by atoms with Crippen molar-refractivity contribution in [3.63, 3.8) is 0 Å². The third-order valence-corrected chi connectivity index (χ3v) is 3.47. The van der Waals surface area contributed by atoms with Crippen LogP contribution in [-0.2, 0) is 0 Å². The van der Waals surface area contributed by atoms with Crippen LogP contribution < -0.4 is 11.1 Å². The molecule has 0 amide bonds. The Balaban J connectivity index is 2.40. The Labute approximate surface area is 120 Å². The monoisotopic (exact) mass is 374 g/mol. The lowest BCUT2D eigenvalue weighted by Crippen LogP contribution is -2.02. The molecular weight excluding hydrogens is 367 g/mol. The van der Waals surface area contributed by atoms with E-state index in [4.69, 9.17) is 5.73 Å². The van der Waals surface area contributed by atoms with Crippen molar-refractivity contribution in [2.75, 3.05) is 11.1 Å². The molecule has 0 bridgehead atoms. The molecule has 2 aromatic rings. The number of anilines is 3. The zero-order chi connectivity index (χ0) is 13.3. The van der Waals surface area contributed by atoms with Crippen LogP contribution in [0.3, 0.4) is 0 Å². The highest BCUT2D eigenvalue weighted by molar-refractivity contribution is 9.10. The molecule has 0 fully saturated rings. The summed E-state index contributed by atoms with van der Waals surface area (Å²) < 4.78 is 14.6. The number of hydrogen-bond donors (Lipinski definition) is 2. The molecule has 0 aliphatic rings. The first kappa shape index (κ1) is 13.2. The number of hydrogen-bond acceptors (Lipinski definition) is 4. The number of nitrogens with zero attached hydrogens (tertiary/aromatic N) is 2. The fraction of sp³-hybridized carbons (Fsp3) is 0.0909. The molecule has 0 atom stereocenters. The highest BCUT2D eigenvalue weighted by Crippen LogP contribution is 2.28. The first-order valence-electron chi connectivity index (χ1n) is 4.98. The second-order valence-electron chi connectivity index (χ2n) is 3.63. The number of benzene rings is 1. The third-order valence-electron chi connectivity index (χ3n) is 2.28. The van der Waals surface area contributed by atoms with Crippen molar-refractivity contribution in [3.05, 3.63) is 38.7 Å². The second-order valence-corrected chi connectivity index (χ2v) is 5.34. The molecule has 3 N–H and O–H groups in total. The molecule has 1 aromatic heterocycles. The van der Waals surface area contributed by atoms with Gasteiger partial charge in [0, 0.05) is 11.9 Å². The van der Waals surface area contributed by atoms with Crippen LogP contribution in [-0.4, -0.2) is 9.97 Å². The lowest BCUT2D eigenvalue weighted by molar-refractivity contribution is 0.621. The quantitative estimate of drug-likeness (QED) is 0.838. The molecule has 0 spiro atoms. The largest absolute Gasteiger partial charge is 0.368 e. The standard InChI is InChI=1S/C11H9Br2FN4/c1-5-2-6(12)8(14)3-9(5)17-10-7(13)4-16-11(15)18-10/h2-4H,1H3,(H3,15,16,17,18). The Morgan fingerprint density at radius 3 is 2.72 bits per heavy atom. The summed E-state index contributed by atoms with van der Waals surface area (Å²) in [5, 5.41) is 3.01. The molecular formula is C11H9Br2FN4. The number of halogens is 3. The Kier molecular flexibility index (Phi) is 3.82. The topological polar surface area (TPSA) is 63.8 Å². The van der Waals surface area contributed by atoms with E-state index in [2.05, 4.69) is 47.1 Å². The van der Waals surface area contributed by atoms with Crippen LogP contribution >= 0.6 is 31.9 Å². The molecule has 0 aliphatic heterocycles. The minimum Gasteiger partial charge on any atom is -0.368 e. The van der Waals surface area contributed by atoms with Gasteiger partial charge in [-0.3, -0.25) is 0 Å². The summed E-state index contributed by atoms with van der Waals surface area (Å²) in [5.74, 6) is 0.296. The average Bonchev–Trinajstić information content (AvgIpc) is 2.30. The molecule has 0 aliphatic carbocycles. The summed E-state index contributed by atoms with van der Waals surface area (Å²) in [6.07, 6.45) is 1.54. The Hall–Kier alpha value is -1.21. The number of nitrogens with one attached hydrogen (secondary N) is 1. The van der Waals surface area contributed by atoms with Gasteiger partial charge in [-0.25, -0.2) is 9.37 Å². The van der Waals surface area contributed by atoms with Gasteiger partial charge in [0.15, 0.2) is 0 Å². The van der Waals surface area contributed by atoms with Crippen molar-refractivity contribution >= 4 is 49.3 Å². The van der Waals surface area contributed by atoms with Crippen LogP contribution in [0.4, 0.5) is 21.8 Å². The van der Waals surface area contributed by atoms with Crippen LogP contribution in [0.25, 0.3) is 0 Å². The highest BCUT2D eigenvalue weighted by Gasteiger charge is 2.09. The first-order chi connectivity index (χ1) is 8.47. The fourth-order valence-corrected chi connectivity index (χ4v) is 2.12. The van der Waals surface area contributed by atoms with E-state index in [-0.39, 0.29) is 11.8 Å². The van der Waals surface area contributed by atoms with Gasteiger partial charge in [-0.05, 0) is 56.5 Å². The van der Waals surface area contributed by atoms with E-state index in [0.29, 0.717) is 20.5 Å². The maximum atomic E-state index is 13.5. The third kappa shape index (κ3) is 2.78. The smallest absolute Gasteiger partial charge is 0.222 e. The lowest BCUT2D eigenvalue weighted by atomic mass is 10.2. The minimum absolute atomic E-state index is 0.149. The number of rotatable bonds is 2. The Morgan fingerprint density at radius 2 is 2.00 bits per heavy atom. The van der Waals surface area contributed by atoms with Crippen LogP contribution in [0, 0.1) is 12.7 Å². The second kappa shape index (κ2) is 5.19. The van der Waals surface area contributed by atoms with Crippen LogP contribution in [0.2, 0.25) is 0 Å². The van der Waals surface area contributed by atoms with Crippen molar-refractivity contribution < 1.29 is 4.39 Å². The predicted molar refractivity (Wildman–Crippen MR) is 76.3 cm³/mol. The molecule has 0 unspecified atom stereocenters. The van der Waals surface area contributed by atoms with Crippen LogP contribution in [0.1, 0.15) is 5.56 Å². The first-order valence-corrected chi connectivity index (χ1v) is 6.56. The molecule has 1 aromatic carbocycles. The molecule has 18 heavy (non-hydrogen) atoms. The Morgan fingerprint density at radius 1 is 1.28 bits per heavy atom. The summed E-state index contributed by atoms with van der Waals surface area (Å²) in [6, 6.07) is 3.08. The van der Waals surface area contributed by atoms with Gasteiger partial charge in [-0.1, -0.05) is 0 Å². The van der Waals surface area contributed by atoms with Gasteiger partial charge in [0.05, 0.1) is 8.95 Å².